The monoisotopic (exact) mass is 1110 g/mol. The molecule has 17 aromatic rings. The first-order chi connectivity index (χ1) is 43.1. The second kappa shape index (κ2) is 20.4. The topological polar surface area (TPSA) is 92.1 Å². The second-order valence-electron chi connectivity index (χ2n) is 21.8. The molecule has 0 saturated heterocycles. The van der Waals surface area contributed by atoms with Gasteiger partial charge in [0.05, 0.1) is 44.5 Å². The van der Waals surface area contributed by atoms with Crippen LogP contribution in [-0.2, 0) is 0 Å². The predicted molar refractivity (Wildman–Crippen MR) is 354 cm³/mol. The van der Waals surface area contributed by atoms with E-state index in [-0.39, 0.29) is 0 Å². The highest BCUT2D eigenvalue weighted by Gasteiger charge is 2.23. The maximum atomic E-state index is 5.39. The van der Waals surface area contributed by atoms with Crippen molar-refractivity contribution in [3.8, 4) is 96.5 Å². The molecule has 9 nitrogen and oxygen atoms in total. The van der Waals surface area contributed by atoms with Gasteiger partial charge in [0.25, 0.3) is 0 Å². The highest BCUT2D eigenvalue weighted by molar-refractivity contribution is 6.14. The summed E-state index contributed by atoms with van der Waals surface area (Å²) in [5.41, 5.74) is 17.2. The molecule has 17 rings (SSSR count). The van der Waals surface area contributed by atoms with Crippen LogP contribution in [0.5, 0.6) is 0 Å². The summed E-state index contributed by atoms with van der Waals surface area (Å²) in [4.78, 5) is 31.3. The van der Waals surface area contributed by atoms with Crippen molar-refractivity contribution in [2.24, 2.45) is 0 Å². The Bertz CT molecular complexity index is 5420. The molecule has 0 aliphatic heterocycles. The lowest BCUT2D eigenvalue weighted by Crippen LogP contribution is -2.04. The SMILES string of the molecule is c1ccc(-c2nc(-c3ccccc3)nc(-c3ccccc3-n3c4ccccc4c4cc(-c5ccc6c(c5)c5ccccc5n6-c5ccccc5-c5nc(-c6ccccc6)nc(-c6cccc(-n7c8ccccc8c8ccccc87)c6)n5)ccc43)n2)cc1. The molecule has 5 heterocycles. The fourth-order valence-electron chi connectivity index (χ4n) is 12.8. The lowest BCUT2D eigenvalue weighted by atomic mass is 10.0. The van der Waals surface area contributed by atoms with Gasteiger partial charge in [-0.05, 0) is 96.1 Å². The van der Waals surface area contributed by atoms with Crippen LogP contribution in [0.25, 0.3) is 162 Å². The number of benzene rings is 12. The van der Waals surface area contributed by atoms with E-state index in [0.717, 1.165) is 116 Å². The molecule has 0 aliphatic carbocycles. The molecule has 0 spiro atoms. The first-order valence-electron chi connectivity index (χ1n) is 29.2. The third-order valence-electron chi connectivity index (χ3n) is 16.8. The third kappa shape index (κ3) is 8.39. The lowest BCUT2D eigenvalue weighted by molar-refractivity contribution is 1.06. The average molecular weight is 1110 g/mol. The number of hydrogen-bond donors (Lipinski definition) is 0. The van der Waals surface area contributed by atoms with Gasteiger partial charge in [-0.3, -0.25) is 0 Å². The standard InChI is InChI=1S/C78H49N9/c1-4-23-50(24-5-1)73-79-74(51-25-6-2-7-26-51)82-77(81-73)61-35-14-20-41-69(61)86-67-39-18-12-33-59(67)63-48-53(43-45-71(63)86)54-44-46-72-64(49-54)60-34-13-19-40-68(60)87(72)70-42-21-15-36-62(70)78-83-75(52-27-8-3-9-28-52)80-76(84-78)55-29-22-30-56(47-55)85-65-37-16-10-31-57(65)58-32-11-17-38-66(58)85/h1-49H. The first kappa shape index (κ1) is 49.7. The maximum absolute atomic E-state index is 5.39. The molecule has 12 aromatic carbocycles. The summed E-state index contributed by atoms with van der Waals surface area (Å²) < 4.78 is 7.05. The van der Waals surface area contributed by atoms with E-state index in [9.17, 15) is 0 Å². The van der Waals surface area contributed by atoms with E-state index in [0.29, 0.717) is 34.9 Å². The Morgan fingerprint density at radius 1 is 0.184 bits per heavy atom. The molecule has 0 unspecified atom stereocenters. The molecule has 0 radical (unpaired) electrons. The molecule has 0 saturated carbocycles. The fraction of sp³-hybridized carbons (Fsp3) is 0. The van der Waals surface area contributed by atoms with Gasteiger partial charge < -0.3 is 13.7 Å². The summed E-state index contributed by atoms with van der Waals surface area (Å²) in [7, 11) is 0. The zero-order chi connectivity index (χ0) is 57.4. The van der Waals surface area contributed by atoms with E-state index in [1.165, 1.54) is 10.8 Å². The molecule has 0 fully saturated rings. The van der Waals surface area contributed by atoms with Crippen LogP contribution < -0.4 is 0 Å². The Labute approximate surface area is 500 Å². The molecular formula is C78H49N9. The first-order valence-corrected chi connectivity index (χ1v) is 29.2. The maximum Gasteiger partial charge on any atom is 0.166 e. The largest absolute Gasteiger partial charge is 0.309 e. The smallest absolute Gasteiger partial charge is 0.166 e. The molecule has 0 amide bonds. The predicted octanol–water partition coefficient (Wildman–Crippen LogP) is 19.0. The van der Waals surface area contributed by atoms with E-state index in [4.69, 9.17) is 29.9 Å². The van der Waals surface area contributed by atoms with Gasteiger partial charge in [0.1, 0.15) is 0 Å². The number of aromatic nitrogens is 9. The van der Waals surface area contributed by atoms with Crippen LogP contribution in [0, 0.1) is 0 Å². The van der Waals surface area contributed by atoms with Crippen molar-refractivity contribution in [2.45, 2.75) is 0 Å². The van der Waals surface area contributed by atoms with Crippen LogP contribution in [0.3, 0.4) is 0 Å². The van der Waals surface area contributed by atoms with Crippen LogP contribution in [-0.4, -0.2) is 43.6 Å². The molecule has 0 aliphatic rings. The van der Waals surface area contributed by atoms with Gasteiger partial charge >= 0.3 is 0 Å². The Morgan fingerprint density at radius 2 is 0.494 bits per heavy atom. The summed E-state index contributed by atoms with van der Waals surface area (Å²) in [6, 6.07) is 104. The van der Waals surface area contributed by atoms with Crippen molar-refractivity contribution in [3.63, 3.8) is 0 Å². The van der Waals surface area contributed by atoms with Gasteiger partial charge in [0.15, 0.2) is 34.9 Å². The summed E-state index contributed by atoms with van der Waals surface area (Å²) in [5, 5.41) is 6.99. The van der Waals surface area contributed by atoms with Crippen molar-refractivity contribution in [3.05, 3.63) is 297 Å². The molecule has 5 aromatic heterocycles. The average Bonchev–Trinajstić information content (AvgIpc) is 2.46. The summed E-state index contributed by atoms with van der Waals surface area (Å²) in [6.07, 6.45) is 0. The molecule has 0 atom stereocenters. The summed E-state index contributed by atoms with van der Waals surface area (Å²) in [5.74, 6) is 3.61. The summed E-state index contributed by atoms with van der Waals surface area (Å²) >= 11 is 0. The van der Waals surface area contributed by atoms with E-state index < -0.39 is 0 Å². The van der Waals surface area contributed by atoms with Crippen LogP contribution in [0.2, 0.25) is 0 Å². The zero-order valence-electron chi connectivity index (χ0n) is 46.8. The molecule has 87 heavy (non-hydrogen) atoms. The van der Waals surface area contributed by atoms with Gasteiger partial charge in [-0.25, -0.2) is 29.9 Å². The fourth-order valence-corrected chi connectivity index (χ4v) is 12.8. The Kier molecular flexibility index (Phi) is 11.7. The van der Waals surface area contributed by atoms with Crippen molar-refractivity contribution in [1.82, 2.24) is 43.6 Å². The minimum Gasteiger partial charge on any atom is -0.309 e. The van der Waals surface area contributed by atoms with Crippen molar-refractivity contribution in [1.29, 1.82) is 0 Å². The van der Waals surface area contributed by atoms with E-state index >= 15 is 0 Å². The van der Waals surface area contributed by atoms with Crippen LogP contribution in [0.4, 0.5) is 0 Å². The third-order valence-corrected chi connectivity index (χ3v) is 16.8. The van der Waals surface area contributed by atoms with Crippen molar-refractivity contribution in [2.75, 3.05) is 0 Å². The molecule has 0 N–H and O–H groups in total. The van der Waals surface area contributed by atoms with Crippen LogP contribution >= 0.6 is 0 Å². The van der Waals surface area contributed by atoms with Crippen molar-refractivity contribution < 1.29 is 0 Å². The van der Waals surface area contributed by atoms with Crippen molar-refractivity contribution >= 4 is 65.4 Å². The highest BCUT2D eigenvalue weighted by Crippen LogP contribution is 2.42. The minimum absolute atomic E-state index is 0.580. The van der Waals surface area contributed by atoms with E-state index in [1.807, 2.05) is 78.9 Å². The van der Waals surface area contributed by atoms with E-state index in [2.05, 4.69) is 232 Å². The van der Waals surface area contributed by atoms with Gasteiger partial charge in [0, 0.05) is 71.4 Å². The Hall–Kier alpha value is -11.9. The molecular weight excluding hydrogens is 1060 g/mol. The molecule has 406 valence electrons. The van der Waals surface area contributed by atoms with Gasteiger partial charge in [-0.2, -0.15) is 0 Å². The van der Waals surface area contributed by atoms with Gasteiger partial charge in [0.2, 0.25) is 0 Å². The number of para-hydroxylation sites is 6. The normalized spacial score (nSPS) is 11.7. The number of fused-ring (bicyclic) bond motifs is 9. The van der Waals surface area contributed by atoms with Gasteiger partial charge in [-0.1, -0.05) is 212 Å². The van der Waals surface area contributed by atoms with Gasteiger partial charge in [-0.15, -0.1) is 0 Å². The molecule has 9 heteroatoms. The Morgan fingerprint density at radius 3 is 0.920 bits per heavy atom. The van der Waals surface area contributed by atoms with Crippen LogP contribution in [0.15, 0.2) is 297 Å². The van der Waals surface area contributed by atoms with E-state index in [1.54, 1.807) is 0 Å². The Balaban J connectivity index is 0.785. The zero-order valence-corrected chi connectivity index (χ0v) is 46.8. The number of rotatable bonds is 10. The second-order valence-corrected chi connectivity index (χ2v) is 21.8. The molecule has 0 bridgehead atoms. The lowest BCUT2D eigenvalue weighted by Gasteiger charge is -2.15. The summed E-state index contributed by atoms with van der Waals surface area (Å²) in [6.45, 7) is 0. The highest BCUT2D eigenvalue weighted by atomic mass is 15.1. The number of hydrogen-bond acceptors (Lipinski definition) is 6. The number of nitrogens with zero attached hydrogens (tertiary/aromatic N) is 9. The van der Waals surface area contributed by atoms with Crippen LogP contribution in [0.1, 0.15) is 0 Å². The minimum atomic E-state index is 0.580. The quantitative estimate of drug-likeness (QED) is 0.135.